The highest BCUT2D eigenvalue weighted by atomic mass is 16.5. The summed E-state index contributed by atoms with van der Waals surface area (Å²) in [4.78, 5) is 0. The van der Waals surface area contributed by atoms with E-state index in [0.29, 0.717) is 6.10 Å². The first-order valence-electron chi connectivity index (χ1n) is 5.04. The maximum Gasteiger partial charge on any atom is 0.0698 e. The molecule has 1 unspecified atom stereocenters. The Kier molecular flexibility index (Phi) is 4.62. The lowest BCUT2D eigenvalue weighted by Crippen LogP contribution is -2.27. The molecular formula is C10H21NO. The van der Waals surface area contributed by atoms with Gasteiger partial charge in [0.25, 0.3) is 0 Å². The van der Waals surface area contributed by atoms with Crippen molar-refractivity contribution in [2.45, 2.75) is 38.2 Å². The summed E-state index contributed by atoms with van der Waals surface area (Å²) in [5, 5.41) is 3.17. The maximum atomic E-state index is 5.39. The second-order valence-corrected chi connectivity index (χ2v) is 3.80. The van der Waals surface area contributed by atoms with E-state index < -0.39 is 0 Å². The standard InChI is InChI=1S/C10H21NO/c1-11-8-10(12-2)7-9-5-3-4-6-9/h9-11H,3-8H2,1-2H3. The zero-order chi connectivity index (χ0) is 8.81. The Morgan fingerprint density at radius 3 is 2.58 bits per heavy atom. The Morgan fingerprint density at radius 2 is 2.08 bits per heavy atom. The van der Waals surface area contributed by atoms with E-state index in [1.165, 1.54) is 32.1 Å². The number of hydrogen-bond donors (Lipinski definition) is 1. The molecule has 0 radical (unpaired) electrons. The fourth-order valence-electron chi connectivity index (χ4n) is 2.11. The van der Waals surface area contributed by atoms with Crippen LogP contribution < -0.4 is 5.32 Å². The number of nitrogens with one attached hydrogen (secondary N) is 1. The van der Waals surface area contributed by atoms with Crippen LogP contribution in [0.2, 0.25) is 0 Å². The molecule has 0 aromatic heterocycles. The first-order chi connectivity index (χ1) is 5.86. The summed E-state index contributed by atoms with van der Waals surface area (Å²) in [7, 11) is 3.80. The van der Waals surface area contributed by atoms with Crippen molar-refractivity contribution < 1.29 is 4.74 Å². The monoisotopic (exact) mass is 171 g/mol. The maximum absolute atomic E-state index is 5.39. The minimum Gasteiger partial charge on any atom is -0.380 e. The van der Waals surface area contributed by atoms with Gasteiger partial charge >= 0.3 is 0 Å². The fourth-order valence-corrected chi connectivity index (χ4v) is 2.11. The lowest BCUT2D eigenvalue weighted by molar-refractivity contribution is 0.0819. The normalized spacial score (nSPS) is 21.5. The predicted molar refractivity (Wildman–Crippen MR) is 51.3 cm³/mol. The molecule has 1 aliphatic carbocycles. The van der Waals surface area contributed by atoms with Crippen molar-refractivity contribution in [1.29, 1.82) is 0 Å². The molecule has 2 heteroatoms. The third-order valence-electron chi connectivity index (χ3n) is 2.84. The molecule has 1 rings (SSSR count). The van der Waals surface area contributed by atoms with E-state index in [0.717, 1.165) is 12.5 Å². The van der Waals surface area contributed by atoms with E-state index in [1.807, 2.05) is 14.2 Å². The second kappa shape index (κ2) is 5.55. The van der Waals surface area contributed by atoms with Crippen LogP contribution in [0.4, 0.5) is 0 Å². The average molecular weight is 171 g/mol. The Balaban J connectivity index is 2.16. The van der Waals surface area contributed by atoms with E-state index >= 15 is 0 Å². The minimum absolute atomic E-state index is 0.429. The Labute approximate surface area is 75.7 Å². The highest BCUT2D eigenvalue weighted by Gasteiger charge is 2.19. The van der Waals surface area contributed by atoms with E-state index in [4.69, 9.17) is 4.74 Å². The molecule has 12 heavy (non-hydrogen) atoms. The van der Waals surface area contributed by atoms with Crippen LogP contribution in [0.15, 0.2) is 0 Å². The van der Waals surface area contributed by atoms with Gasteiger partial charge in [-0.05, 0) is 19.4 Å². The zero-order valence-electron chi connectivity index (χ0n) is 8.31. The van der Waals surface area contributed by atoms with Crippen LogP contribution in [0, 0.1) is 5.92 Å². The molecule has 0 spiro atoms. The quantitative estimate of drug-likeness (QED) is 0.681. The van der Waals surface area contributed by atoms with Crippen LogP contribution >= 0.6 is 0 Å². The number of rotatable bonds is 5. The minimum atomic E-state index is 0.429. The Bertz CT molecular complexity index is 110. The molecule has 1 saturated carbocycles. The van der Waals surface area contributed by atoms with Crippen LogP contribution in [0.5, 0.6) is 0 Å². The molecule has 72 valence electrons. The molecule has 1 fully saturated rings. The molecule has 2 nitrogen and oxygen atoms in total. The highest BCUT2D eigenvalue weighted by molar-refractivity contribution is 4.72. The number of methoxy groups -OCH3 is 1. The number of ether oxygens (including phenoxy) is 1. The van der Waals surface area contributed by atoms with E-state index in [9.17, 15) is 0 Å². The summed E-state index contributed by atoms with van der Waals surface area (Å²) in [5.74, 6) is 0.934. The van der Waals surface area contributed by atoms with Gasteiger partial charge in [-0.1, -0.05) is 25.7 Å². The van der Waals surface area contributed by atoms with Gasteiger partial charge in [0.2, 0.25) is 0 Å². The molecular weight excluding hydrogens is 150 g/mol. The molecule has 0 bridgehead atoms. The summed E-state index contributed by atoms with van der Waals surface area (Å²) in [6, 6.07) is 0. The zero-order valence-corrected chi connectivity index (χ0v) is 8.31. The fraction of sp³-hybridized carbons (Fsp3) is 1.00. The number of hydrogen-bond acceptors (Lipinski definition) is 2. The molecule has 0 aromatic carbocycles. The van der Waals surface area contributed by atoms with Gasteiger partial charge in [0, 0.05) is 13.7 Å². The SMILES string of the molecule is CNCC(CC1CCCC1)OC. The van der Waals surface area contributed by atoms with Crippen LogP contribution in [0.3, 0.4) is 0 Å². The summed E-state index contributed by atoms with van der Waals surface area (Å²) in [5.41, 5.74) is 0. The van der Waals surface area contributed by atoms with Crippen molar-refractivity contribution in [2.75, 3.05) is 20.7 Å². The van der Waals surface area contributed by atoms with Crippen LogP contribution in [-0.2, 0) is 4.74 Å². The van der Waals surface area contributed by atoms with Gasteiger partial charge in [-0.15, -0.1) is 0 Å². The number of likely N-dealkylation sites (N-methyl/N-ethyl adjacent to an activating group) is 1. The molecule has 1 atom stereocenters. The van der Waals surface area contributed by atoms with Crippen molar-refractivity contribution in [3.8, 4) is 0 Å². The van der Waals surface area contributed by atoms with Crippen molar-refractivity contribution >= 4 is 0 Å². The van der Waals surface area contributed by atoms with Crippen molar-refractivity contribution in [3.05, 3.63) is 0 Å². The van der Waals surface area contributed by atoms with Gasteiger partial charge in [0.1, 0.15) is 0 Å². The Morgan fingerprint density at radius 1 is 1.42 bits per heavy atom. The molecule has 0 saturated heterocycles. The molecule has 0 amide bonds. The summed E-state index contributed by atoms with van der Waals surface area (Å²) < 4.78 is 5.39. The van der Waals surface area contributed by atoms with E-state index in [2.05, 4.69) is 5.32 Å². The molecule has 0 aliphatic heterocycles. The van der Waals surface area contributed by atoms with Crippen molar-refractivity contribution in [2.24, 2.45) is 5.92 Å². The van der Waals surface area contributed by atoms with Gasteiger partial charge in [-0.25, -0.2) is 0 Å². The van der Waals surface area contributed by atoms with Crippen LogP contribution in [-0.4, -0.2) is 26.8 Å². The molecule has 1 aliphatic rings. The molecule has 0 aromatic rings. The average Bonchev–Trinajstić information content (AvgIpc) is 2.56. The predicted octanol–water partition coefficient (Wildman–Crippen LogP) is 1.80. The summed E-state index contributed by atoms with van der Waals surface area (Å²) >= 11 is 0. The van der Waals surface area contributed by atoms with Gasteiger partial charge in [-0.3, -0.25) is 0 Å². The third kappa shape index (κ3) is 3.11. The van der Waals surface area contributed by atoms with Gasteiger partial charge in [-0.2, -0.15) is 0 Å². The topological polar surface area (TPSA) is 21.3 Å². The van der Waals surface area contributed by atoms with Crippen LogP contribution in [0.1, 0.15) is 32.1 Å². The largest absolute Gasteiger partial charge is 0.380 e. The molecule has 1 N–H and O–H groups in total. The summed E-state index contributed by atoms with van der Waals surface area (Å²) in [6.07, 6.45) is 7.38. The van der Waals surface area contributed by atoms with Crippen molar-refractivity contribution in [1.82, 2.24) is 5.32 Å². The van der Waals surface area contributed by atoms with Gasteiger partial charge in [0.05, 0.1) is 6.10 Å². The third-order valence-corrected chi connectivity index (χ3v) is 2.84. The molecule has 0 heterocycles. The first-order valence-corrected chi connectivity index (χ1v) is 5.04. The Hall–Kier alpha value is -0.0800. The lowest BCUT2D eigenvalue weighted by atomic mass is 10.00. The highest BCUT2D eigenvalue weighted by Crippen LogP contribution is 2.28. The second-order valence-electron chi connectivity index (χ2n) is 3.80. The lowest BCUT2D eigenvalue weighted by Gasteiger charge is -2.18. The van der Waals surface area contributed by atoms with E-state index in [-0.39, 0.29) is 0 Å². The van der Waals surface area contributed by atoms with Crippen molar-refractivity contribution in [3.63, 3.8) is 0 Å². The van der Waals surface area contributed by atoms with Crippen LogP contribution in [0.25, 0.3) is 0 Å². The smallest absolute Gasteiger partial charge is 0.0698 e. The van der Waals surface area contributed by atoms with Gasteiger partial charge in [0.15, 0.2) is 0 Å². The van der Waals surface area contributed by atoms with Gasteiger partial charge < -0.3 is 10.1 Å². The summed E-state index contributed by atoms with van der Waals surface area (Å²) in [6.45, 7) is 0.993. The first kappa shape index (κ1) is 10.0. The van der Waals surface area contributed by atoms with E-state index in [1.54, 1.807) is 0 Å².